The van der Waals surface area contributed by atoms with Crippen LogP contribution in [0, 0.1) is 5.92 Å². The molecule has 0 spiro atoms. The Bertz CT molecular complexity index is 132. The molecule has 0 amide bonds. The third-order valence-corrected chi connectivity index (χ3v) is 1.77. The lowest BCUT2D eigenvalue weighted by Crippen LogP contribution is -2.11. The summed E-state index contributed by atoms with van der Waals surface area (Å²) in [5.41, 5.74) is 0. The summed E-state index contributed by atoms with van der Waals surface area (Å²) in [6, 6.07) is 0. The van der Waals surface area contributed by atoms with Crippen LogP contribution in [0.1, 0.15) is 34.1 Å². The van der Waals surface area contributed by atoms with Crippen molar-refractivity contribution >= 4 is 0 Å². The monoisotopic (exact) mass is 172 g/mol. The summed E-state index contributed by atoms with van der Waals surface area (Å²) < 4.78 is 11.2. The van der Waals surface area contributed by atoms with E-state index in [9.17, 15) is 0 Å². The van der Waals surface area contributed by atoms with Crippen molar-refractivity contribution in [2.75, 3.05) is 6.61 Å². The van der Waals surface area contributed by atoms with Gasteiger partial charge in [-0.2, -0.15) is 0 Å². The molecule has 2 nitrogen and oxygen atoms in total. The zero-order valence-corrected chi connectivity index (χ0v) is 8.54. The predicted octanol–water partition coefficient (Wildman–Crippen LogP) is 2.22. The maximum absolute atomic E-state index is 5.60. The minimum absolute atomic E-state index is 0.336. The molecule has 0 heterocycles. The number of hydrogen-bond acceptors (Lipinski definition) is 2. The van der Waals surface area contributed by atoms with E-state index in [1.54, 1.807) is 0 Å². The molecule has 0 aromatic carbocycles. The number of ether oxygens (including phenoxy) is 2. The van der Waals surface area contributed by atoms with Crippen LogP contribution in [-0.2, 0) is 9.47 Å². The minimum atomic E-state index is 0.336. The SMILES string of the molecule is CC(C)COC1CC1OC(C)C. The van der Waals surface area contributed by atoms with Crippen molar-refractivity contribution < 1.29 is 9.47 Å². The second kappa shape index (κ2) is 4.24. The molecule has 2 unspecified atom stereocenters. The fourth-order valence-electron chi connectivity index (χ4n) is 1.13. The molecule has 0 aromatic heterocycles. The van der Waals surface area contributed by atoms with Gasteiger partial charge in [0.05, 0.1) is 18.3 Å². The van der Waals surface area contributed by atoms with E-state index in [-0.39, 0.29) is 0 Å². The Kier molecular flexibility index (Phi) is 3.53. The molecule has 1 aliphatic carbocycles. The molecule has 1 saturated carbocycles. The van der Waals surface area contributed by atoms with Crippen molar-refractivity contribution in [2.45, 2.75) is 52.4 Å². The third kappa shape index (κ3) is 3.55. The van der Waals surface area contributed by atoms with Crippen LogP contribution in [0.5, 0.6) is 0 Å². The molecule has 12 heavy (non-hydrogen) atoms. The minimum Gasteiger partial charge on any atom is -0.375 e. The van der Waals surface area contributed by atoms with Crippen LogP contribution in [-0.4, -0.2) is 24.9 Å². The van der Waals surface area contributed by atoms with Gasteiger partial charge in [-0.25, -0.2) is 0 Å². The van der Waals surface area contributed by atoms with E-state index in [2.05, 4.69) is 27.7 Å². The molecule has 72 valence electrons. The lowest BCUT2D eigenvalue weighted by atomic mass is 10.2. The molecule has 0 bridgehead atoms. The molecule has 1 aliphatic rings. The smallest absolute Gasteiger partial charge is 0.0866 e. The van der Waals surface area contributed by atoms with Crippen molar-refractivity contribution in [3.05, 3.63) is 0 Å². The van der Waals surface area contributed by atoms with Crippen molar-refractivity contribution in [3.8, 4) is 0 Å². The Morgan fingerprint density at radius 1 is 1.17 bits per heavy atom. The maximum Gasteiger partial charge on any atom is 0.0866 e. The van der Waals surface area contributed by atoms with Crippen molar-refractivity contribution in [3.63, 3.8) is 0 Å². The van der Waals surface area contributed by atoms with E-state index in [4.69, 9.17) is 9.47 Å². The number of rotatable bonds is 5. The van der Waals surface area contributed by atoms with E-state index in [1.807, 2.05) is 0 Å². The van der Waals surface area contributed by atoms with Gasteiger partial charge in [0.25, 0.3) is 0 Å². The van der Waals surface area contributed by atoms with Crippen LogP contribution < -0.4 is 0 Å². The highest BCUT2D eigenvalue weighted by Crippen LogP contribution is 2.30. The molecule has 0 saturated heterocycles. The lowest BCUT2D eigenvalue weighted by molar-refractivity contribution is 0.00811. The average Bonchev–Trinajstić information content (AvgIpc) is 2.62. The van der Waals surface area contributed by atoms with Gasteiger partial charge in [-0.05, 0) is 19.8 Å². The molecule has 1 fully saturated rings. The van der Waals surface area contributed by atoms with Crippen LogP contribution >= 0.6 is 0 Å². The third-order valence-electron chi connectivity index (χ3n) is 1.77. The lowest BCUT2D eigenvalue weighted by Gasteiger charge is -2.08. The van der Waals surface area contributed by atoms with E-state index >= 15 is 0 Å². The van der Waals surface area contributed by atoms with Gasteiger partial charge in [-0.3, -0.25) is 0 Å². The summed E-state index contributed by atoms with van der Waals surface area (Å²) in [6.07, 6.45) is 2.19. The van der Waals surface area contributed by atoms with Gasteiger partial charge in [-0.15, -0.1) is 0 Å². The predicted molar refractivity (Wildman–Crippen MR) is 49.2 cm³/mol. The Labute approximate surface area is 75.2 Å². The van der Waals surface area contributed by atoms with Gasteiger partial charge in [0, 0.05) is 13.0 Å². The van der Waals surface area contributed by atoms with E-state index in [0.717, 1.165) is 13.0 Å². The highest BCUT2D eigenvalue weighted by Gasteiger charge is 2.40. The fraction of sp³-hybridized carbons (Fsp3) is 1.00. The van der Waals surface area contributed by atoms with Crippen LogP contribution in [0.15, 0.2) is 0 Å². The molecule has 0 aromatic rings. The Balaban J connectivity index is 2.00. The molecule has 0 radical (unpaired) electrons. The van der Waals surface area contributed by atoms with Gasteiger partial charge >= 0.3 is 0 Å². The molecule has 1 rings (SSSR count). The highest BCUT2D eigenvalue weighted by molar-refractivity contribution is 4.89. The zero-order valence-electron chi connectivity index (χ0n) is 8.54. The van der Waals surface area contributed by atoms with E-state index in [1.165, 1.54) is 0 Å². The first-order valence-corrected chi connectivity index (χ1v) is 4.86. The Hall–Kier alpha value is -0.0800. The summed E-state index contributed by atoms with van der Waals surface area (Å²) in [7, 11) is 0. The second-order valence-corrected chi connectivity index (χ2v) is 4.22. The normalized spacial score (nSPS) is 28.5. The van der Waals surface area contributed by atoms with Crippen LogP contribution in [0.25, 0.3) is 0 Å². The molecule has 0 N–H and O–H groups in total. The molecular formula is C10H20O2. The summed E-state index contributed by atoms with van der Waals surface area (Å²) in [4.78, 5) is 0. The topological polar surface area (TPSA) is 18.5 Å². The van der Waals surface area contributed by atoms with E-state index in [0.29, 0.717) is 24.2 Å². The first-order valence-electron chi connectivity index (χ1n) is 4.86. The van der Waals surface area contributed by atoms with E-state index < -0.39 is 0 Å². The quantitative estimate of drug-likeness (QED) is 0.633. The Morgan fingerprint density at radius 3 is 2.33 bits per heavy atom. The summed E-state index contributed by atoms with van der Waals surface area (Å²) >= 11 is 0. The summed E-state index contributed by atoms with van der Waals surface area (Å²) in [5, 5.41) is 0. The van der Waals surface area contributed by atoms with Crippen LogP contribution in [0.4, 0.5) is 0 Å². The first kappa shape index (κ1) is 10.0. The van der Waals surface area contributed by atoms with Crippen LogP contribution in [0.2, 0.25) is 0 Å². The van der Waals surface area contributed by atoms with Gasteiger partial charge in [-0.1, -0.05) is 13.8 Å². The van der Waals surface area contributed by atoms with Crippen molar-refractivity contribution in [2.24, 2.45) is 5.92 Å². The van der Waals surface area contributed by atoms with Gasteiger partial charge in [0.15, 0.2) is 0 Å². The zero-order chi connectivity index (χ0) is 9.14. The summed E-state index contributed by atoms with van der Waals surface area (Å²) in [5.74, 6) is 0.630. The van der Waals surface area contributed by atoms with Gasteiger partial charge in [0.1, 0.15) is 0 Å². The number of hydrogen-bond donors (Lipinski definition) is 0. The van der Waals surface area contributed by atoms with Crippen LogP contribution in [0.3, 0.4) is 0 Å². The first-order chi connectivity index (χ1) is 5.59. The van der Waals surface area contributed by atoms with Gasteiger partial charge < -0.3 is 9.47 Å². The van der Waals surface area contributed by atoms with Gasteiger partial charge in [0.2, 0.25) is 0 Å². The summed E-state index contributed by atoms with van der Waals surface area (Å²) in [6.45, 7) is 9.33. The average molecular weight is 172 g/mol. The molecule has 2 heteroatoms. The molecule has 0 aliphatic heterocycles. The highest BCUT2D eigenvalue weighted by atomic mass is 16.6. The fourth-order valence-corrected chi connectivity index (χ4v) is 1.13. The molecule has 2 atom stereocenters. The molecular weight excluding hydrogens is 152 g/mol. The van der Waals surface area contributed by atoms with Crippen molar-refractivity contribution in [1.82, 2.24) is 0 Å². The Morgan fingerprint density at radius 2 is 1.83 bits per heavy atom. The maximum atomic E-state index is 5.60. The second-order valence-electron chi connectivity index (χ2n) is 4.22. The van der Waals surface area contributed by atoms with Crippen molar-refractivity contribution in [1.29, 1.82) is 0 Å². The standard InChI is InChI=1S/C10H20O2/c1-7(2)6-11-9-5-10(9)12-8(3)4/h7-10H,5-6H2,1-4H3. The largest absolute Gasteiger partial charge is 0.375 e.